The van der Waals surface area contributed by atoms with E-state index in [1.165, 1.54) is 36.9 Å². The van der Waals surface area contributed by atoms with Crippen LogP contribution in [0.15, 0.2) is 18.2 Å². The van der Waals surface area contributed by atoms with E-state index in [-0.39, 0.29) is 5.91 Å². The number of amides is 1. The van der Waals surface area contributed by atoms with Crippen LogP contribution in [0.4, 0.5) is 11.4 Å². The van der Waals surface area contributed by atoms with Crippen molar-refractivity contribution < 1.29 is 4.79 Å². The second-order valence-corrected chi connectivity index (χ2v) is 5.45. The summed E-state index contributed by atoms with van der Waals surface area (Å²) in [5.74, 6) is 0.981. The fourth-order valence-corrected chi connectivity index (χ4v) is 2.97. The highest BCUT2D eigenvalue weighted by molar-refractivity contribution is 5.94. The first kappa shape index (κ1) is 11.6. The molecule has 0 saturated heterocycles. The van der Waals surface area contributed by atoms with Gasteiger partial charge in [-0.3, -0.25) is 4.79 Å². The number of fused-ring (bicyclic) bond motifs is 1. The summed E-state index contributed by atoms with van der Waals surface area (Å²) in [6, 6.07) is 6.27. The van der Waals surface area contributed by atoms with E-state index in [9.17, 15) is 4.79 Å². The Hall–Kier alpha value is -1.51. The van der Waals surface area contributed by atoms with Crippen molar-refractivity contribution in [1.29, 1.82) is 0 Å². The Bertz CT molecular complexity index is 450. The Morgan fingerprint density at radius 3 is 2.89 bits per heavy atom. The van der Waals surface area contributed by atoms with Crippen LogP contribution in [0.1, 0.15) is 37.7 Å². The summed E-state index contributed by atoms with van der Waals surface area (Å²) in [6.45, 7) is 1.09. The Balaban J connectivity index is 1.64. The molecule has 3 nitrogen and oxygen atoms in total. The van der Waals surface area contributed by atoms with E-state index in [0.717, 1.165) is 24.6 Å². The summed E-state index contributed by atoms with van der Waals surface area (Å²) in [6.07, 6.45) is 6.99. The zero-order valence-electron chi connectivity index (χ0n) is 10.7. The summed E-state index contributed by atoms with van der Waals surface area (Å²) in [5.41, 5.74) is 3.43. The van der Waals surface area contributed by atoms with Crippen LogP contribution in [0.2, 0.25) is 0 Å². The molecule has 96 valence electrons. The molecule has 0 aromatic heterocycles. The second-order valence-electron chi connectivity index (χ2n) is 5.45. The van der Waals surface area contributed by atoms with Gasteiger partial charge in [0.2, 0.25) is 5.91 Å². The number of hydrogen-bond acceptors (Lipinski definition) is 2. The molecule has 1 aromatic carbocycles. The lowest BCUT2D eigenvalue weighted by Crippen LogP contribution is -2.19. The number of rotatable bonds is 3. The average molecular weight is 244 g/mol. The summed E-state index contributed by atoms with van der Waals surface area (Å²) in [4.78, 5) is 11.3. The third-order valence-corrected chi connectivity index (χ3v) is 4.07. The highest BCUT2D eigenvalue weighted by Gasteiger charge is 2.16. The summed E-state index contributed by atoms with van der Waals surface area (Å²) in [5, 5.41) is 6.45. The molecule has 1 heterocycles. The minimum absolute atomic E-state index is 0.133. The number of carbonyl (C=O) groups excluding carboxylic acids is 1. The lowest BCUT2D eigenvalue weighted by molar-refractivity contribution is -0.116. The smallest absolute Gasteiger partial charge is 0.224 e. The molecule has 18 heavy (non-hydrogen) atoms. The predicted octanol–water partition coefficient (Wildman–Crippen LogP) is 3.17. The van der Waals surface area contributed by atoms with E-state index in [2.05, 4.69) is 22.8 Å². The molecule has 0 unspecified atom stereocenters. The van der Waals surface area contributed by atoms with Gasteiger partial charge in [-0.25, -0.2) is 0 Å². The summed E-state index contributed by atoms with van der Waals surface area (Å²) >= 11 is 0. The van der Waals surface area contributed by atoms with Gasteiger partial charge in [-0.1, -0.05) is 12.8 Å². The molecule has 0 atom stereocenters. The predicted molar refractivity (Wildman–Crippen MR) is 73.8 cm³/mol. The van der Waals surface area contributed by atoms with Crippen LogP contribution in [0.5, 0.6) is 0 Å². The average Bonchev–Trinajstić information content (AvgIpc) is 2.89. The normalized spacial score (nSPS) is 19.4. The van der Waals surface area contributed by atoms with Crippen LogP contribution in [-0.2, 0) is 11.2 Å². The number of benzene rings is 1. The first-order valence-electron chi connectivity index (χ1n) is 6.98. The second kappa shape index (κ2) is 5.01. The number of nitrogens with one attached hydrogen (secondary N) is 2. The van der Waals surface area contributed by atoms with E-state index >= 15 is 0 Å². The molecule has 0 bridgehead atoms. The molecule has 1 amide bonds. The largest absolute Gasteiger partial charge is 0.385 e. The highest BCUT2D eigenvalue weighted by Crippen LogP contribution is 2.28. The third kappa shape index (κ3) is 2.50. The van der Waals surface area contributed by atoms with E-state index < -0.39 is 0 Å². The van der Waals surface area contributed by atoms with Crippen LogP contribution in [-0.4, -0.2) is 12.5 Å². The standard InChI is InChI=1S/C15H20N2O/c18-15-8-5-12-9-13(6-7-14(12)17-15)16-10-11-3-1-2-4-11/h6-7,9,11,16H,1-5,8,10H2,(H,17,18). The molecule has 1 fully saturated rings. The molecule has 1 aliphatic carbocycles. The van der Waals surface area contributed by atoms with Crippen LogP contribution in [0.3, 0.4) is 0 Å². The molecular formula is C15H20N2O. The zero-order valence-corrected chi connectivity index (χ0v) is 10.7. The van der Waals surface area contributed by atoms with Crippen molar-refractivity contribution in [1.82, 2.24) is 0 Å². The molecule has 1 aliphatic heterocycles. The topological polar surface area (TPSA) is 41.1 Å². The molecule has 2 N–H and O–H groups in total. The molecular weight excluding hydrogens is 224 g/mol. The molecule has 3 heteroatoms. The van der Waals surface area contributed by atoms with Crippen molar-refractivity contribution in [3.63, 3.8) is 0 Å². The minimum Gasteiger partial charge on any atom is -0.385 e. The van der Waals surface area contributed by atoms with Gasteiger partial charge in [-0.2, -0.15) is 0 Å². The van der Waals surface area contributed by atoms with E-state index in [1.54, 1.807) is 0 Å². The van der Waals surface area contributed by atoms with Crippen LogP contribution in [0.25, 0.3) is 0 Å². The summed E-state index contributed by atoms with van der Waals surface area (Å²) in [7, 11) is 0. The van der Waals surface area contributed by atoms with Gasteiger partial charge in [-0.15, -0.1) is 0 Å². The molecule has 0 spiro atoms. The van der Waals surface area contributed by atoms with Gasteiger partial charge < -0.3 is 10.6 Å². The molecule has 2 aliphatic rings. The van der Waals surface area contributed by atoms with Crippen LogP contribution < -0.4 is 10.6 Å². The Morgan fingerprint density at radius 1 is 1.22 bits per heavy atom. The number of hydrogen-bond donors (Lipinski definition) is 2. The van der Waals surface area contributed by atoms with Crippen molar-refractivity contribution in [2.75, 3.05) is 17.2 Å². The Morgan fingerprint density at radius 2 is 2.06 bits per heavy atom. The fraction of sp³-hybridized carbons (Fsp3) is 0.533. The maximum atomic E-state index is 11.3. The van der Waals surface area contributed by atoms with E-state index in [1.807, 2.05) is 6.07 Å². The number of anilines is 2. The molecule has 3 rings (SSSR count). The quantitative estimate of drug-likeness (QED) is 0.857. The Kier molecular flexibility index (Phi) is 3.22. The monoisotopic (exact) mass is 244 g/mol. The van der Waals surface area contributed by atoms with Crippen LogP contribution >= 0.6 is 0 Å². The number of carbonyl (C=O) groups is 1. The zero-order chi connectivity index (χ0) is 12.4. The van der Waals surface area contributed by atoms with Crippen molar-refractivity contribution in [2.24, 2.45) is 5.92 Å². The van der Waals surface area contributed by atoms with E-state index in [0.29, 0.717) is 6.42 Å². The fourth-order valence-electron chi connectivity index (χ4n) is 2.97. The molecule has 0 radical (unpaired) electrons. The van der Waals surface area contributed by atoms with Gasteiger partial charge in [0.25, 0.3) is 0 Å². The van der Waals surface area contributed by atoms with Crippen molar-refractivity contribution >= 4 is 17.3 Å². The number of aryl methyl sites for hydroxylation is 1. The van der Waals surface area contributed by atoms with Gasteiger partial charge in [0.15, 0.2) is 0 Å². The summed E-state index contributed by atoms with van der Waals surface area (Å²) < 4.78 is 0. The van der Waals surface area contributed by atoms with Gasteiger partial charge in [0.1, 0.15) is 0 Å². The lowest BCUT2D eigenvalue weighted by Gasteiger charge is -2.19. The molecule has 1 aromatic rings. The van der Waals surface area contributed by atoms with Crippen molar-refractivity contribution in [2.45, 2.75) is 38.5 Å². The van der Waals surface area contributed by atoms with Gasteiger partial charge >= 0.3 is 0 Å². The maximum Gasteiger partial charge on any atom is 0.224 e. The first-order valence-corrected chi connectivity index (χ1v) is 6.98. The van der Waals surface area contributed by atoms with Gasteiger partial charge in [0.05, 0.1) is 0 Å². The van der Waals surface area contributed by atoms with E-state index in [4.69, 9.17) is 0 Å². The molecule has 1 saturated carbocycles. The Labute approximate surface area is 108 Å². The van der Waals surface area contributed by atoms with Crippen molar-refractivity contribution in [3.8, 4) is 0 Å². The SMILES string of the molecule is O=C1CCc2cc(NCC3CCCC3)ccc2N1. The maximum absolute atomic E-state index is 11.3. The lowest BCUT2D eigenvalue weighted by atomic mass is 10.0. The van der Waals surface area contributed by atoms with Crippen molar-refractivity contribution in [3.05, 3.63) is 23.8 Å². The van der Waals surface area contributed by atoms with Crippen LogP contribution in [0, 0.1) is 5.92 Å². The van der Waals surface area contributed by atoms with Gasteiger partial charge in [0, 0.05) is 24.3 Å². The first-order chi connectivity index (χ1) is 8.81. The van der Waals surface area contributed by atoms with Gasteiger partial charge in [-0.05, 0) is 48.9 Å². The minimum atomic E-state index is 0.133. The highest BCUT2D eigenvalue weighted by atomic mass is 16.1. The third-order valence-electron chi connectivity index (χ3n) is 4.07.